The number of benzene rings is 2. The van der Waals surface area contributed by atoms with Crippen molar-refractivity contribution in [3.63, 3.8) is 0 Å². The van der Waals surface area contributed by atoms with Gasteiger partial charge in [-0.05, 0) is 36.6 Å². The van der Waals surface area contributed by atoms with Crippen LogP contribution < -0.4 is 4.74 Å². The van der Waals surface area contributed by atoms with Gasteiger partial charge < -0.3 is 9.30 Å². The molecule has 0 unspecified atom stereocenters. The summed E-state index contributed by atoms with van der Waals surface area (Å²) < 4.78 is 8.01. The second-order valence-corrected chi connectivity index (χ2v) is 6.57. The average Bonchev–Trinajstić information content (AvgIpc) is 2.85. The fourth-order valence-corrected chi connectivity index (χ4v) is 2.96. The quantitative estimate of drug-likeness (QED) is 0.608. The number of aromatic nitrogens is 1. The number of hydrogen-bond acceptors (Lipinski definition) is 2. The van der Waals surface area contributed by atoms with Crippen LogP contribution in [0.15, 0.2) is 48.5 Å². The Balaban J connectivity index is 2.03. The second kappa shape index (κ2) is 6.91. The van der Waals surface area contributed by atoms with Gasteiger partial charge in [0.1, 0.15) is 5.75 Å². The topological polar surface area (TPSA) is 31.2 Å². The Labute approximate surface area is 142 Å². The molecular weight excluding hydrogens is 298 g/mol. The summed E-state index contributed by atoms with van der Waals surface area (Å²) in [6.07, 6.45) is 0.950. The molecule has 0 amide bonds. The summed E-state index contributed by atoms with van der Waals surface area (Å²) in [7, 11) is 0. The van der Waals surface area contributed by atoms with Crippen LogP contribution in [0.3, 0.4) is 0 Å². The maximum Gasteiger partial charge on any atom is 0.152 e. The van der Waals surface area contributed by atoms with E-state index in [1.54, 1.807) is 0 Å². The number of aldehydes is 1. The van der Waals surface area contributed by atoms with Crippen molar-refractivity contribution in [2.75, 3.05) is 6.61 Å². The zero-order valence-electron chi connectivity index (χ0n) is 14.5. The third-order valence-corrected chi connectivity index (χ3v) is 4.23. The Morgan fingerprint density at radius 1 is 1.12 bits per heavy atom. The zero-order chi connectivity index (χ0) is 17.1. The van der Waals surface area contributed by atoms with Crippen molar-refractivity contribution in [1.82, 2.24) is 4.57 Å². The Morgan fingerprint density at radius 2 is 1.88 bits per heavy atom. The summed E-state index contributed by atoms with van der Waals surface area (Å²) in [5.41, 5.74) is 4.02. The highest BCUT2D eigenvalue weighted by atomic mass is 16.5. The molecule has 0 atom stereocenters. The van der Waals surface area contributed by atoms with Gasteiger partial charge in [0.15, 0.2) is 6.29 Å². The van der Waals surface area contributed by atoms with Gasteiger partial charge in [0.05, 0.1) is 6.61 Å². The lowest BCUT2D eigenvalue weighted by atomic mass is 10.1. The van der Waals surface area contributed by atoms with Crippen molar-refractivity contribution in [3.05, 3.63) is 65.4 Å². The highest BCUT2D eigenvalue weighted by molar-refractivity contribution is 6.00. The summed E-state index contributed by atoms with van der Waals surface area (Å²) in [5.74, 6) is 1.28. The molecule has 0 aliphatic carbocycles. The monoisotopic (exact) mass is 321 g/mol. The van der Waals surface area contributed by atoms with Gasteiger partial charge in [-0.2, -0.15) is 0 Å². The molecule has 3 nitrogen and oxygen atoms in total. The van der Waals surface area contributed by atoms with E-state index in [-0.39, 0.29) is 0 Å². The van der Waals surface area contributed by atoms with E-state index in [9.17, 15) is 4.79 Å². The number of hydrogen-bond donors (Lipinski definition) is 0. The summed E-state index contributed by atoms with van der Waals surface area (Å²) >= 11 is 0. The van der Waals surface area contributed by atoms with Gasteiger partial charge in [-0.25, -0.2) is 0 Å². The van der Waals surface area contributed by atoms with Gasteiger partial charge in [-0.1, -0.05) is 44.2 Å². The SMILES string of the molecule is Cc1c(C=O)c2cc(OCC(C)C)ccc2n1Cc1ccccc1. The maximum absolute atomic E-state index is 11.6. The van der Waals surface area contributed by atoms with Gasteiger partial charge in [0.25, 0.3) is 0 Å². The van der Waals surface area contributed by atoms with Crippen LogP contribution in [0.2, 0.25) is 0 Å². The number of fused-ring (bicyclic) bond motifs is 1. The van der Waals surface area contributed by atoms with Crippen LogP contribution in [-0.4, -0.2) is 17.5 Å². The van der Waals surface area contributed by atoms with E-state index in [4.69, 9.17) is 4.74 Å². The lowest BCUT2D eigenvalue weighted by molar-refractivity contribution is 0.112. The van der Waals surface area contributed by atoms with Crippen molar-refractivity contribution in [2.24, 2.45) is 5.92 Å². The minimum absolute atomic E-state index is 0.468. The summed E-state index contributed by atoms with van der Waals surface area (Å²) in [6.45, 7) is 7.67. The second-order valence-electron chi connectivity index (χ2n) is 6.57. The van der Waals surface area contributed by atoms with E-state index in [0.29, 0.717) is 12.5 Å². The molecule has 2 aromatic carbocycles. The standard InChI is InChI=1S/C21H23NO2/c1-15(2)14-24-18-9-10-21-19(11-18)20(13-23)16(3)22(21)12-17-7-5-4-6-8-17/h4-11,13,15H,12,14H2,1-3H3. The van der Waals surface area contributed by atoms with Gasteiger partial charge >= 0.3 is 0 Å². The molecule has 24 heavy (non-hydrogen) atoms. The molecule has 0 radical (unpaired) electrons. The fraction of sp³-hybridized carbons (Fsp3) is 0.286. The Morgan fingerprint density at radius 3 is 2.54 bits per heavy atom. The Bertz CT molecular complexity index is 847. The molecule has 3 rings (SSSR count). The molecular formula is C21H23NO2. The molecule has 0 N–H and O–H groups in total. The minimum Gasteiger partial charge on any atom is -0.493 e. The highest BCUT2D eigenvalue weighted by Crippen LogP contribution is 2.29. The molecule has 0 bridgehead atoms. The van der Waals surface area contributed by atoms with Crippen LogP contribution in [-0.2, 0) is 6.54 Å². The van der Waals surface area contributed by atoms with Crippen molar-refractivity contribution >= 4 is 17.2 Å². The molecule has 0 aliphatic heterocycles. The summed E-state index contributed by atoms with van der Waals surface area (Å²) in [5, 5.41) is 0.958. The van der Waals surface area contributed by atoms with Crippen molar-refractivity contribution < 1.29 is 9.53 Å². The third kappa shape index (κ3) is 3.21. The van der Waals surface area contributed by atoms with E-state index < -0.39 is 0 Å². The Kier molecular flexibility index (Phi) is 4.70. The molecule has 124 valence electrons. The molecule has 1 heterocycles. The zero-order valence-corrected chi connectivity index (χ0v) is 14.5. The van der Waals surface area contributed by atoms with E-state index in [1.165, 1.54) is 5.56 Å². The number of carbonyl (C=O) groups excluding carboxylic acids is 1. The van der Waals surface area contributed by atoms with Crippen LogP contribution in [0.5, 0.6) is 5.75 Å². The average molecular weight is 321 g/mol. The van der Waals surface area contributed by atoms with Crippen LogP contribution >= 0.6 is 0 Å². The first-order valence-corrected chi connectivity index (χ1v) is 8.35. The lowest BCUT2D eigenvalue weighted by Crippen LogP contribution is -2.04. The van der Waals surface area contributed by atoms with E-state index in [0.717, 1.165) is 40.7 Å². The molecule has 3 heteroatoms. The summed E-state index contributed by atoms with van der Waals surface area (Å²) in [6, 6.07) is 16.3. The van der Waals surface area contributed by atoms with Gasteiger partial charge in [0.2, 0.25) is 0 Å². The van der Waals surface area contributed by atoms with E-state index in [2.05, 4.69) is 30.5 Å². The minimum atomic E-state index is 0.468. The maximum atomic E-state index is 11.6. The Hall–Kier alpha value is -2.55. The van der Waals surface area contributed by atoms with Crippen molar-refractivity contribution in [1.29, 1.82) is 0 Å². The van der Waals surface area contributed by atoms with Gasteiger partial charge in [-0.15, -0.1) is 0 Å². The molecule has 0 saturated carbocycles. The molecule has 1 aromatic heterocycles. The lowest BCUT2D eigenvalue weighted by Gasteiger charge is -2.10. The molecule has 0 saturated heterocycles. The first-order chi connectivity index (χ1) is 11.6. The largest absolute Gasteiger partial charge is 0.493 e. The molecule has 0 aliphatic rings. The highest BCUT2D eigenvalue weighted by Gasteiger charge is 2.14. The van der Waals surface area contributed by atoms with Crippen LogP contribution in [0.1, 0.15) is 35.5 Å². The van der Waals surface area contributed by atoms with Crippen LogP contribution in [0.25, 0.3) is 10.9 Å². The third-order valence-electron chi connectivity index (χ3n) is 4.23. The van der Waals surface area contributed by atoms with Crippen LogP contribution in [0.4, 0.5) is 0 Å². The number of nitrogens with zero attached hydrogens (tertiary/aromatic N) is 1. The smallest absolute Gasteiger partial charge is 0.152 e. The van der Waals surface area contributed by atoms with E-state index in [1.807, 2.05) is 43.3 Å². The summed E-state index contributed by atoms with van der Waals surface area (Å²) in [4.78, 5) is 11.6. The van der Waals surface area contributed by atoms with Crippen LogP contribution in [0, 0.1) is 12.8 Å². The van der Waals surface area contributed by atoms with Crippen molar-refractivity contribution in [2.45, 2.75) is 27.3 Å². The van der Waals surface area contributed by atoms with Crippen molar-refractivity contribution in [3.8, 4) is 5.75 Å². The van der Waals surface area contributed by atoms with Gasteiger partial charge in [0, 0.05) is 28.7 Å². The molecule has 0 spiro atoms. The first-order valence-electron chi connectivity index (χ1n) is 8.35. The molecule has 0 fully saturated rings. The molecule has 3 aromatic rings. The number of ether oxygens (including phenoxy) is 1. The number of carbonyl (C=O) groups is 1. The first kappa shape index (κ1) is 16.3. The predicted molar refractivity (Wildman–Crippen MR) is 97.9 cm³/mol. The predicted octanol–water partition coefficient (Wildman–Crippen LogP) is 4.85. The normalized spacial score (nSPS) is 11.2. The van der Waals surface area contributed by atoms with E-state index >= 15 is 0 Å². The van der Waals surface area contributed by atoms with Gasteiger partial charge in [-0.3, -0.25) is 4.79 Å². The number of rotatable bonds is 6. The fourth-order valence-electron chi connectivity index (χ4n) is 2.96.